The molecule has 0 aliphatic carbocycles. The van der Waals surface area contributed by atoms with Crippen LogP contribution in [0.2, 0.25) is 10.0 Å². The Labute approximate surface area is 223 Å². The van der Waals surface area contributed by atoms with Crippen LogP contribution in [-0.2, 0) is 12.2 Å². The summed E-state index contributed by atoms with van der Waals surface area (Å²) < 4.78 is 15.2. The van der Waals surface area contributed by atoms with Gasteiger partial charge in [-0.3, -0.25) is 4.57 Å². The summed E-state index contributed by atoms with van der Waals surface area (Å²) in [5.74, 6) is 0.773. The summed E-state index contributed by atoms with van der Waals surface area (Å²) in [5.41, 5.74) is 2.59. The standard InChI is InChI=1S/C26H24Cl2FN5OS/c1-2-30-25(35)31-22(14-17-6-4-3-5-7-17)24-32-33-26(36-16-18-8-11-20(29)12-9-18)34(24)23-13-10-19(27)15-21(23)28/h3-13,15,22H,2,14,16H2,1H3,(H2,30,31,35). The minimum absolute atomic E-state index is 0.290. The van der Waals surface area contributed by atoms with Crippen LogP contribution >= 0.6 is 35.0 Å². The highest BCUT2D eigenvalue weighted by Crippen LogP contribution is 2.33. The van der Waals surface area contributed by atoms with Gasteiger partial charge in [0.05, 0.1) is 16.8 Å². The Balaban J connectivity index is 1.75. The highest BCUT2D eigenvalue weighted by atomic mass is 35.5. The molecule has 1 aromatic heterocycles. The third kappa shape index (κ3) is 6.57. The second-order valence-electron chi connectivity index (χ2n) is 7.93. The number of halogens is 3. The third-order valence-electron chi connectivity index (χ3n) is 5.33. The van der Waals surface area contributed by atoms with Crippen LogP contribution in [0.5, 0.6) is 0 Å². The van der Waals surface area contributed by atoms with E-state index in [0.717, 1.165) is 11.1 Å². The summed E-state index contributed by atoms with van der Waals surface area (Å²) in [4.78, 5) is 12.6. The Kier molecular flexibility index (Phi) is 8.85. The van der Waals surface area contributed by atoms with Gasteiger partial charge in [0.2, 0.25) is 0 Å². The largest absolute Gasteiger partial charge is 0.338 e. The van der Waals surface area contributed by atoms with Gasteiger partial charge >= 0.3 is 6.03 Å². The van der Waals surface area contributed by atoms with Crippen molar-refractivity contribution in [2.24, 2.45) is 0 Å². The number of carbonyl (C=O) groups is 1. The first-order valence-electron chi connectivity index (χ1n) is 11.3. The Morgan fingerprint density at radius 3 is 2.47 bits per heavy atom. The highest BCUT2D eigenvalue weighted by molar-refractivity contribution is 7.98. The van der Waals surface area contributed by atoms with Crippen LogP contribution in [0.1, 0.15) is 29.9 Å². The van der Waals surface area contributed by atoms with Gasteiger partial charge in [-0.1, -0.05) is 77.4 Å². The predicted molar refractivity (Wildman–Crippen MR) is 142 cm³/mol. The number of nitrogens with zero attached hydrogens (tertiary/aromatic N) is 3. The van der Waals surface area contributed by atoms with E-state index in [1.807, 2.05) is 41.8 Å². The van der Waals surface area contributed by atoms with Crippen LogP contribution in [0, 0.1) is 5.82 Å². The summed E-state index contributed by atoms with van der Waals surface area (Å²) >= 11 is 14.2. The zero-order valence-electron chi connectivity index (χ0n) is 19.4. The third-order valence-corrected chi connectivity index (χ3v) is 6.87. The van der Waals surface area contributed by atoms with E-state index in [9.17, 15) is 9.18 Å². The van der Waals surface area contributed by atoms with Gasteiger partial charge in [0.1, 0.15) is 5.82 Å². The van der Waals surface area contributed by atoms with E-state index in [-0.39, 0.29) is 11.8 Å². The van der Waals surface area contributed by atoms with Crippen molar-refractivity contribution in [2.45, 2.75) is 30.3 Å². The summed E-state index contributed by atoms with van der Waals surface area (Å²) in [6.07, 6.45) is 0.490. The van der Waals surface area contributed by atoms with Gasteiger partial charge in [0.25, 0.3) is 0 Å². The zero-order valence-corrected chi connectivity index (χ0v) is 21.7. The maximum absolute atomic E-state index is 13.3. The number of hydrogen-bond donors (Lipinski definition) is 2. The van der Waals surface area contributed by atoms with E-state index in [1.54, 1.807) is 30.3 Å². The van der Waals surface area contributed by atoms with Gasteiger partial charge in [-0.25, -0.2) is 9.18 Å². The normalized spacial score (nSPS) is 11.8. The first kappa shape index (κ1) is 26.0. The van der Waals surface area contributed by atoms with E-state index in [4.69, 9.17) is 23.2 Å². The van der Waals surface area contributed by atoms with Crippen molar-refractivity contribution >= 4 is 41.0 Å². The number of amides is 2. The lowest BCUT2D eigenvalue weighted by Gasteiger charge is -2.21. The minimum Gasteiger partial charge on any atom is -0.338 e. The molecule has 4 rings (SSSR count). The monoisotopic (exact) mass is 543 g/mol. The number of carbonyl (C=O) groups excluding carboxylic acids is 1. The van der Waals surface area contributed by atoms with Crippen LogP contribution < -0.4 is 10.6 Å². The lowest BCUT2D eigenvalue weighted by atomic mass is 10.1. The quantitative estimate of drug-likeness (QED) is 0.233. The average Bonchev–Trinajstić information content (AvgIpc) is 3.28. The molecular weight excluding hydrogens is 520 g/mol. The molecular formula is C26H24Cl2FN5OS. The second-order valence-corrected chi connectivity index (χ2v) is 9.72. The van der Waals surface area contributed by atoms with Crippen LogP contribution in [-0.4, -0.2) is 27.3 Å². The van der Waals surface area contributed by atoms with E-state index in [2.05, 4.69) is 20.8 Å². The number of benzene rings is 3. The van der Waals surface area contributed by atoms with Gasteiger partial charge in [-0.15, -0.1) is 10.2 Å². The molecule has 0 bridgehead atoms. The van der Waals surface area contributed by atoms with Crippen LogP contribution in [0.25, 0.3) is 5.69 Å². The SMILES string of the molecule is CCNC(=O)NC(Cc1ccccc1)c1nnc(SCc2ccc(F)cc2)n1-c1ccc(Cl)cc1Cl. The van der Waals surface area contributed by atoms with Gasteiger partial charge in [0, 0.05) is 23.7 Å². The fourth-order valence-electron chi connectivity index (χ4n) is 3.64. The Morgan fingerprint density at radius 1 is 1.03 bits per heavy atom. The molecule has 1 heterocycles. The molecule has 2 amide bonds. The first-order valence-corrected chi connectivity index (χ1v) is 13.0. The average molecular weight is 544 g/mol. The number of thioether (sulfide) groups is 1. The van der Waals surface area contributed by atoms with Gasteiger partial charge < -0.3 is 10.6 Å². The van der Waals surface area contributed by atoms with Crippen molar-refractivity contribution in [1.82, 2.24) is 25.4 Å². The van der Waals surface area contributed by atoms with Gasteiger partial charge in [-0.2, -0.15) is 0 Å². The first-order chi connectivity index (χ1) is 17.4. The summed E-state index contributed by atoms with van der Waals surface area (Å²) in [5, 5.41) is 16.2. The van der Waals surface area contributed by atoms with E-state index >= 15 is 0 Å². The molecule has 0 saturated heterocycles. The topological polar surface area (TPSA) is 71.8 Å². The number of hydrogen-bond acceptors (Lipinski definition) is 4. The fraction of sp³-hybridized carbons (Fsp3) is 0.192. The number of aromatic nitrogens is 3. The summed E-state index contributed by atoms with van der Waals surface area (Å²) in [6, 6.07) is 20.5. The van der Waals surface area contributed by atoms with Crippen LogP contribution in [0.15, 0.2) is 78.0 Å². The van der Waals surface area contributed by atoms with E-state index in [0.29, 0.717) is 45.4 Å². The lowest BCUT2D eigenvalue weighted by molar-refractivity contribution is 0.237. The maximum Gasteiger partial charge on any atom is 0.315 e. The van der Waals surface area contributed by atoms with Crippen molar-refractivity contribution in [2.75, 3.05) is 6.54 Å². The Hall–Kier alpha value is -3.07. The molecule has 3 aromatic carbocycles. The second kappa shape index (κ2) is 12.3. The van der Waals surface area contributed by atoms with Crippen molar-refractivity contribution < 1.29 is 9.18 Å². The fourth-order valence-corrected chi connectivity index (χ4v) is 5.05. The molecule has 2 N–H and O–H groups in total. The zero-order chi connectivity index (χ0) is 25.5. The Morgan fingerprint density at radius 2 is 1.78 bits per heavy atom. The number of rotatable bonds is 9. The number of urea groups is 1. The van der Waals surface area contributed by atoms with Crippen LogP contribution in [0.3, 0.4) is 0 Å². The number of nitrogens with one attached hydrogen (secondary N) is 2. The molecule has 0 spiro atoms. The molecule has 4 aromatic rings. The van der Waals surface area contributed by atoms with E-state index in [1.165, 1.54) is 23.9 Å². The van der Waals surface area contributed by atoms with Crippen molar-refractivity contribution in [1.29, 1.82) is 0 Å². The molecule has 1 atom stereocenters. The molecule has 36 heavy (non-hydrogen) atoms. The minimum atomic E-state index is -0.502. The predicted octanol–water partition coefficient (Wildman–Crippen LogP) is 6.61. The lowest BCUT2D eigenvalue weighted by Crippen LogP contribution is -2.39. The Bertz CT molecular complexity index is 1320. The summed E-state index contributed by atoms with van der Waals surface area (Å²) in [6.45, 7) is 2.34. The maximum atomic E-state index is 13.3. The molecule has 1 unspecified atom stereocenters. The molecule has 0 fully saturated rings. The van der Waals surface area contributed by atoms with E-state index < -0.39 is 6.04 Å². The molecule has 10 heteroatoms. The molecule has 0 aliphatic heterocycles. The van der Waals surface area contributed by atoms with Crippen molar-refractivity contribution in [3.05, 3.63) is 106 Å². The molecule has 0 aliphatic rings. The molecule has 0 saturated carbocycles. The summed E-state index contributed by atoms with van der Waals surface area (Å²) in [7, 11) is 0. The molecule has 186 valence electrons. The van der Waals surface area contributed by atoms with Crippen molar-refractivity contribution in [3.63, 3.8) is 0 Å². The highest BCUT2D eigenvalue weighted by Gasteiger charge is 2.26. The van der Waals surface area contributed by atoms with Crippen LogP contribution in [0.4, 0.5) is 9.18 Å². The molecule has 6 nitrogen and oxygen atoms in total. The van der Waals surface area contributed by atoms with Gasteiger partial charge in [0.15, 0.2) is 11.0 Å². The van der Waals surface area contributed by atoms with Crippen molar-refractivity contribution in [3.8, 4) is 5.69 Å². The van der Waals surface area contributed by atoms with Gasteiger partial charge in [-0.05, 0) is 48.4 Å². The molecule has 0 radical (unpaired) electrons. The smallest absolute Gasteiger partial charge is 0.315 e.